The van der Waals surface area contributed by atoms with Gasteiger partial charge in [-0.25, -0.2) is 13.4 Å². The number of pyridine rings is 1. The molecular weight excluding hydrogens is 362 g/mol. The summed E-state index contributed by atoms with van der Waals surface area (Å²) in [6, 6.07) is 4.08. The number of nitrogens with zero attached hydrogens (tertiary/aromatic N) is 2. The van der Waals surface area contributed by atoms with Crippen LogP contribution in [0.3, 0.4) is 0 Å². The van der Waals surface area contributed by atoms with Gasteiger partial charge in [-0.05, 0) is 58.6 Å². The maximum atomic E-state index is 12.5. The Bertz CT molecular complexity index is 720. The van der Waals surface area contributed by atoms with Crippen LogP contribution in [0.15, 0.2) is 23.4 Å². The Kier molecular flexibility index (Phi) is 6.13. The number of piperidine rings is 1. The van der Waals surface area contributed by atoms with Crippen molar-refractivity contribution in [3.05, 3.63) is 18.3 Å². The van der Waals surface area contributed by atoms with Gasteiger partial charge in [0.15, 0.2) is 14.9 Å². The molecule has 152 valence electrons. The fourth-order valence-corrected chi connectivity index (χ4v) is 5.13. The number of sulfone groups is 1. The van der Waals surface area contributed by atoms with Crippen molar-refractivity contribution < 1.29 is 13.5 Å². The van der Waals surface area contributed by atoms with Crippen LogP contribution in [-0.4, -0.2) is 59.4 Å². The Hall–Kier alpha value is -1.18. The summed E-state index contributed by atoms with van der Waals surface area (Å²) in [5, 5.41) is 13.9. The minimum Gasteiger partial charge on any atom is -0.391 e. The fraction of sp³-hybridized carbons (Fsp3) is 0.750. The average Bonchev–Trinajstić information content (AvgIpc) is 2.62. The van der Waals surface area contributed by atoms with Gasteiger partial charge in [-0.1, -0.05) is 12.8 Å². The summed E-state index contributed by atoms with van der Waals surface area (Å²) in [5.74, 6) is 0. The van der Waals surface area contributed by atoms with E-state index in [1.54, 1.807) is 33.0 Å². The topological polar surface area (TPSA) is 82.5 Å². The van der Waals surface area contributed by atoms with Gasteiger partial charge in [0.2, 0.25) is 0 Å². The van der Waals surface area contributed by atoms with Gasteiger partial charge in [0, 0.05) is 25.2 Å². The average molecular weight is 396 g/mol. The van der Waals surface area contributed by atoms with Crippen LogP contribution in [0.4, 0.5) is 5.69 Å². The van der Waals surface area contributed by atoms with E-state index in [0.29, 0.717) is 12.1 Å². The molecule has 2 atom stereocenters. The van der Waals surface area contributed by atoms with Crippen LogP contribution in [-0.2, 0) is 9.84 Å². The summed E-state index contributed by atoms with van der Waals surface area (Å²) < 4.78 is 24.1. The molecule has 2 unspecified atom stereocenters. The number of hydrogen-bond acceptors (Lipinski definition) is 6. The Morgan fingerprint density at radius 1 is 1.11 bits per heavy atom. The molecular formula is C20H33N3O3S. The van der Waals surface area contributed by atoms with Crippen LogP contribution in [0.1, 0.15) is 59.3 Å². The first-order chi connectivity index (χ1) is 12.7. The third-order valence-corrected chi connectivity index (χ3v) is 8.29. The van der Waals surface area contributed by atoms with Gasteiger partial charge >= 0.3 is 0 Å². The van der Waals surface area contributed by atoms with Crippen molar-refractivity contribution in [3.8, 4) is 0 Å². The zero-order valence-corrected chi connectivity index (χ0v) is 17.5. The van der Waals surface area contributed by atoms with E-state index in [1.165, 1.54) is 6.42 Å². The summed E-state index contributed by atoms with van der Waals surface area (Å²) in [4.78, 5) is 6.63. The van der Waals surface area contributed by atoms with E-state index in [2.05, 4.69) is 15.2 Å². The largest absolute Gasteiger partial charge is 0.391 e. The predicted octanol–water partition coefficient (Wildman–Crippen LogP) is 2.83. The minimum atomic E-state index is -3.42. The van der Waals surface area contributed by atoms with Crippen LogP contribution in [0.25, 0.3) is 0 Å². The number of aliphatic hydroxyl groups excluding tert-OH is 1. The standard InChI is InChI=1S/C20H33N3O3S/c1-20(2,3)27(25,26)19-9-8-16(14-21-19)22-15-10-12-23(13-11-15)17-6-4-5-7-18(17)24/h8-9,14-15,17-18,22,24H,4-7,10-13H2,1-3H3. The highest BCUT2D eigenvalue weighted by Gasteiger charge is 2.33. The summed E-state index contributed by atoms with van der Waals surface area (Å²) in [7, 11) is -3.42. The Morgan fingerprint density at radius 2 is 1.78 bits per heavy atom. The number of rotatable bonds is 4. The third-order valence-electron chi connectivity index (χ3n) is 5.88. The summed E-state index contributed by atoms with van der Waals surface area (Å²) >= 11 is 0. The molecule has 7 heteroatoms. The van der Waals surface area contributed by atoms with Crippen molar-refractivity contribution in [1.82, 2.24) is 9.88 Å². The zero-order chi connectivity index (χ0) is 19.7. The molecule has 2 heterocycles. The van der Waals surface area contributed by atoms with Crippen molar-refractivity contribution in [1.29, 1.82) is 0 Å². The van der Waals surface area contributed by atoms with Crippen LogP contribution in [0, 0.1) is 0 Å². The van der Waals surface area contributed by atoms with Gasteiger partial charge in [0.05, 0.1) is 22.7 Å². The monoisotopic (exact) mass is 395 g/mol. The van der Waals surface area contributed by atoms with E-state index in [4.69, 9.17) is 0 Å². The lowest BCUT2D eigenvalue weighted by atomic mass is 9.89. The summed E-state index contributed by atoms with van der Waals surface area (Å²) in [5.41, 5.74) is 0.860. The molecule has 2 fully saturated rings. The van der Waals surface area contributed by atoms with Crippen LogP contribution < -0.4 is 5.32 Å². The van der Waals surface area contributed by atoms with Crippen LogP contribution in [0.2, 0.25) is 0 Å². The van der Waals surface area contributed by atoms with Gasteiger partial charge in [-0.15, -0.1) is 0 Å². The molecule has 0 aromatic carbocycles. The normalized spacial score (nSPS) is 26.1. The second-order valence-corrected chi connectivity index (χ2v) is 11.5. The zero-order valence-electron chi connectivity index (χ0n) is 16.7. The molecule has 2 aliphatic rings. The SMILES string of the molecule is CC(C)(C)S(=O)(=O)c1ccc(NC2CCN(C3CCCCC3O)CC2)cn1. The van der Waals surface area contributed by atoms with Crippen molar-refractivity contribution >= 4 is 15.5 Å². The lowest BCUT2D eigenvalue weighted by molar-refractivity contribution is 0.00993. The molecule has 0 spiro atoms. The van der Waals surface area contributed by atoms with E-state index in [1.807, 2.05) is 6.07 Å². The fourth-order valence-electron chi connectivity index (χ4n) is 4.07. The van der Waals surface area contributed by atoms with E-state index in [0.717, 1.165) is 50.9 Å². The molecule has 0 radical (unpaired) electrons. The molecule has 1 aromatic rings. The number of aromatic nitrogens is 1. The molecule has 1 saturated heterocycles. The van der Waals surface area contributed by atoms with Gasteiger partial charge < -0.3 is 10.4 Å². The van der Waals surface area contributed by atoms with Gasteiger partial charge in [0.25, 0.3) is 0 Å². The lowest BCUT2D eigenvalue weighted by Gasteiger charge is -2.41. The van der Waals surface area contributed by atoms with Crippen LogP contribution >= 0.6 is 0 Å². The van der Waals surface area contributed by atoms with Crippen molar-refractivity contribution in [2.24, 2.45) is 0 Å². The molecule has 0 bridgehead atoms. The number of aliphatic hydroxyl groups is 1. The van der Waals surface area contributed by atoms with Crippen molar-refractivity contribution in [2.45, 2.75) is 87.3 Å². The maximum Gasteiger partial charge on any atom is 0.200 e. The molecule has 3 rings (SSSR count). The smallest absolute Gasteiger partial charge is 0.200 e. The van der Waals surface area contributed by atoms with E-state index < -0.39 is 14.6 Å². The minimum absolute atomic E-state index is 0.127. The van der Waals surface area contributed by atoms with Crippen molar-refractivity contribution in [2.75, 3.05) is 18.4 Å². The Balaban J connectivity index is 1.55. The molecule has 2 N–H and O–H groups in total. The second kappa shape index (κ2) is 8.05. The quantitative estimate of drug-likeness (QED) is 0.816. The molecule has 27 heavy (non-hydrogen) atoms. The van der Waals surface area contributed by atoms with Crippen LogP contribution in [0.5, 0.6) is 0 Å². The second-order valence-electron chi connectivity index (χ2n) is 8.87. The molecule has 6 nitrogen and oxygen atoms in total. The highest BCUT2D eigenvalue weighted by Crippen LogP contribution is 2.27. The molecule has 1 aliphatic carbocycles. The Labute approximate surface area is 163 Å². The van der Waals surface area contributed by atoms with Crippen molar-refractivity contribution in [3.63, 3.8) is 0 Å². The van der Waals surface area contributed by atoms with Gasteiger partial charge in [-0.2, -0.15) is 0 Å². The third kappa shape index (κ3) is 4.63. The maximum absolute atomic E-state index is 12.5. The highest BCUT2D eigenvalue weighted by molar-refractivity contribution is 7.92. The molecule has 1 saturated carbocycles. The molecule has 0 amide bonds. The predicted molar refractivity (Wildman–Crippen MR) is 108 cm³/mol. The van der Waals surface area contributed by atoms with Gasteiger partial charge in [-0.3, -0.25) is 4.90 Å². The molecule has 1 aliphatic heterocycles. The number of anilines is 1. The van der Waals surface area contributed by atoms with E-state index in [9.17, 15) is 13.5 Å². The van der Waals surface area contributed by atoms with Gasteiger partial charge in [0.1, 0.15) is 0 Å². The highest BCUT2D eigenvalue weighted by atomic mass is 32.2. The number of hydrogen-bond donors (Lipinski definition) is 2. The first-order valence-electron chi connectivity index (χ1n) is 10.1. The first-order valence-corrected chi connectivity index (χ1v) is 11.6. The van der Waals surface area contributed by atoms with E-state index >= 15 is 0 Å². The first kappa shape index (κ1) is 20.6. The number of nitrogens with one attached hydrogen (secondary N) is 1. The van der Waals surface area contributed by atoms with E-state index in [-0.39, 0.29) is 11.1 Å². The summed E-state index contributed by atoms with van der Waals surface area (Å²) in [6.45, 7) is 7.04. The number of likely N-dealkylation sites (tertiary alicyclic amines) is 1. The molecule has 1 aromatic heterocycles. The lowest BCUT2D eigenvalue weighted by Crippen LogP contribution is -2.50. The summed E-state index contributed by atoms with van der Waals surface area (Å²) in [6.07, 6.45) is 7.88. The Morgan fingerprint density at radius 3 is 2.33 bits per heavy atom.